The topological polar surface area (TPSA) is 89.7 Å². The normalized spacial score (nSPS) is 13.2. The average molecular weight is 331 g/mol. The van der Waals surface area contributed by atoms with Gasteiger partial charge in [0.15, 0.2) is 6.73 Å². The zero-order valence-corrected chi connectivity index (χ0v) is 12.5. The maximum absolute atomic E-state index is 12.1. The van der Waals surface area contributed by atoms with E-state index in [9.17, 15) is 14.4 Å². The van der Waals surface area contributed by atoms with Crippen LogP contribution >= 0.6 is 11.6 Å². The van der Waals surface area contributed by atoms with Crippen LogP contribution in [0.5, 0.6) is 0 Å². The molecule has 1 aliphatic rings. The van der Waals surface area contributed by atoms with Crippen molar-refractivity contribution in [3.05, 3.63) is 64.2 Å². The number of hydrogen-bond acceptors (Lipinski definition) is 5. The molecule has 0 atom stereocenters. The number of esters is 1. The fourth-order valence-electron chi connectivity index (χ4n) is 2.23. The van der Waals surface area contributed by atoms with Crippen LogP contribution in [0.4, 0.5) is 5.69 Å². The van der Waals surface area contributed by atoms with Gasteiger partial charge in [0, 0.05) is 0 Å². The van der Waals surface area contributed by atoms with E-state index in [1.807, 2.05) is 0 Å². The number of benzene rings is 2. The van der Waals surface area contributed by atoms with Gasteiger partial charge in [-0.2, -0.15) is 0 Å². The second-order valence-electron chi connectivity index (χ2n) is 4.88. The summed E-state index contributed by atoms with van der Waals surface area (Å²) in [5, 5.41) is 0.321. The SMILES string of the molecule is Nc1cc(C(=O)OCN2C(=O)c3ccccc3C2=O)ccc1Cl. The predicted molar refractivity (Wildman–Crippen MR) is 83.1 cm³/mol. The number of fused-ring (bicyclic) bond motifs is 1. The Hall–Kier alpha value is -2.86. The Morgan fingerprint density at radius 2 is 1.70 bits per heavy atom. The lowest BCUT2D eigenvalue weighted by molar-refractivity contribution is 0.0228. The average Bonchev–Trinajstić information content (AvgIpc) is 2.80. The van der Waals surface area contributed by atoms with E-state index in [-0.39, 0.29) is 11.3 Å². The summed E-state index contributed by atoms with van der Waals surface area (Å²) in [6, 6.07) is 10.7. The zero-order valence-electron chi connectivity index (χ0n) is 11.8. The number of ether oxygens (including phenoxy) is 1. The van der Waals surface area contributed by atoms with E-state index >= 15 is 0 Å². The van der Waals surface area contributed by atoms with Crippen molar-refractivity contribution < 1.29 is 19.1 Å². The standard InChI is InChI=1S/C16H11ClN2O4/c17-12-6-5-9(7-13(12)18)16(22)23-8-19-14(20)10-3-1-2-4-11(10)15(19)21/h1-7H,8,18H2. The number of nitrogens with two attached hydrogens (primary N) is 1. The zero-order chi connectivity index (χ0) is 16.6. The Morgan fingerprint density at radius 1 is 1.09 bits per heavy atom. The molecule has 2 N–H and O–H groups in total. The minimum atomic E-state index is -0.704. The second kappa shape index (κ2) is 5.73. The molecule has 2 amide bonds. The number of nitrogen functional groups attached to an aromatic ring is 1. The Balaban J connectivity index is 1.72. The van der Waals surface area contributed by atoms with Gasteiger partial charge in [-0.15, -0.1) is 0 Å². The largest absolute Gasteiger partial charge is 0.440 e. The van der Waals surface area contributed by atoms with Gasteiger partial charge in [-0.25, -0.2) is 9.69 Å². The number of halogens is 1. The summed E-state index contributed by atoms with van der Waals surface area (Å²) < 4.78 is 5.03. The van der Waals surface area contributed by atoms with Gasteiger partial charge in [0.25, 0.3) is 11.8 Å². The maximum atomic E-state index is 12.1. The molecular weight excluding hydrogens is 320 g/mol. The van der Waals surface area contributed by atoms with Crippen molar-refractivity contribution in [3.8, 4) is 0 Å². The van der Waals surface area contributed by atoms with Crippen molar-refractivity contribution in [2.45, 2.75) is 0 Å². The molecule has 2 aromatic carbocycles. The summed E-state index contributed by atoms with van der Waals surface area (Å²) >= 11 is 5.78. The first kappa shape index (κ1) is 15.1. The molecule has 3 rings (SSSR count). The number of amides is 2. The fourth-order valence-corrected chi connectivity index (χ4v) is 2.35. The van der Waals surface area contributed by atoms with Crippen LogP contribution in [0.15, 0.2) is 42.5 Å². The summed E-state index contributed by atoms with van der Waals surface area (Å²) in [4.78, 5) is 37.1. The van der Waals surface area contributed by atoms with Crippen molar-refractivity contribution in [2.24, 2.45) is 0 Å². The molecule has 0 aromatic heterocycles. The highest BCUT2D eigenvalue weighted by Crippen LogP contribution is 2.23. The van der Waals surface area contributed by atoms with Crippen LogP contribution in [0.2, 0.25) is 5.02 Å². The van der Waals surface area contributed by atoms with Crippen molar-refractivity contribution >= 4 is 35.1 Å². The third-order valence-corrected chi connectivity index (χ3v) is 3.78. The molecule has 1 aliphatic heterocycles. The van der Waals surface area contributed by atoms with Crippen LogP contribution in [-0.2, 0) is 4.74 Å². The lowest BCUT2D eigenvalue weighted by Crippen LogP contribution is -2.33. The number of anilines is 1. The van der Waals surface area contributed by atoms with Gasteiger partial charge in [-0.3, -0.25) is 9.59 Å². The molecule has 6 nitrogen and oxygen atoms in total. The van der Waals surface area contributed by atoms with Gasteiger partial charge in [0.2, 0.25) is 0 Å². The number of nitrogens with zero attached hydrogens (tertiary/aromatic N) is 1. The van der Waals surface area contributed by atoms with E-state index in [1.54, 1.807) is 24.3 Å². The van der Waals surface area contributed by atoms with Gasteiger partial charge in [-0.1, -0.05) is 23.7 Å². The fraction of sp³-hybridized carbons (Fsp3) is 0.0625. The number of imide groups is 1. The molecule has 0 radical (unpaired) electrons. The summed E-state index contributed by atoms with van der Waals surface area (Å²) in [7, 11) is 0. The van der Waals surface area contributed by atoms with Gasteiger partial charge in [0.1, 0.15) is 0 Å². The van der Waals surface area contributed by atoms with Gasteiger partial charge >= 0.3 is 5.97 Å². The third kappa shape index (κ3) is 2.64. The third-order valence-electron chi connectivity index (χ3n) is 3.43. The van der Waals surface area contributed by atoms with Gasteiger partial charge in [-0.05, 0) is 30.3 Å². The van der Waals surface area contributed by atoms with Crippen molar-refractivity contribution in [1.29, 1.82) is 0 Å². The van der Waals surface area contributed by atoms with Crippen LogP contribution in [-0.4, -0.2) is 29.4 Å². The van der Waals surface area contributed by atoms with Crippen LogP contribution < -0.4 is 5.73 Å². The molecule has 116 valence electrons. The van der Waals surface area contributed by atoms with Crippen molar-refractivity contribution in [1.82, 2.24) is 4.90 Å². The van der Waals surface area contributed by atoms with Gasteiger partial charge in [0.05, 0.1) is 27.4 Å². The molecule has 0 saturated heterocycles. The Labute approximate surface area is 136 Å². The van der Waals surface area contributed by atoms with E-state index in [1.165, 1.54) is 18.2 Å². The minimum Gasteiger partial charge on any atom is -0.440 e. The molecule has 0 bridgehead atoms. The second-order valence-corrected chi connectivity index (χ2v) is 5.29. The minimum absolute atomic E-state index is 0.184. The molecule has 1 heterocycles. The Kier molecular flexibility index (Phi) is 3.75. The molecule has 0 saturated carbocycles. The molecule has 23 heavy (non-hydrogen) atoms. The van der Waals surface area contributed by atoms with E-state index < -0.39 is 24.5 Å². The van der Waals surface area contributed by atoms with Crippen molar-refractivity contribution in [3.63, 3.8) is 0 Å². The lowest BCUT2D eigenvalue weighted by atomic mass is 10.1. The molecule has 0 spiro atoms. The highest BCUT2D eigenvalue weighted by molar-refractivity contribution is 6.33. The number of carbonyl (C=O) groups excluding carboxylic acids is 3. The summed E-state index contributed by atoms with van der Waals surface area (Å²) in [5.74, 6) is -1.69. The van der Waals surface area contributed by atoms with Crippen molar-refractivity contribution in [2.75, 3.05) is 12.5 Å². The summed E-state index contributed by atoms with van der Waals surface area (Å²) in [6.45, 7) is -0.465. The monoisotopic (exact) mass is 330 g/mol. The predicted octanol–water partition coefficient (Wildman–Crippen LogP) is 2.33. The highest BCUT2D eigenvalue weighted by atomic mass is 35.5. The smallest absolute Gasteiger partial charge is 0.339 e. The maximum Gasteiger partial charge on any atom is 0.339 e. The molecule has 0 fully saturated rings. The first-order valence-corrected chi connectivity index (χ1v) is 7.04. The van der Waals surface area contributed by atoms with E-state index in [4.69, 9.17) is 22.1 Å². The lowest BCUT2D eigenvalue weighted by Gasteiger charge is -2.14. The first-order valence-electron chi connectivity index (χ1n) is 6.66. The number of rotatable bonds is 3. The van der Waals surface area contributed by atoms with Gasteiger partial charge < -0.3 is 10.5 Å². The van der Waals surface area contributed by atoms with E-state index in [0.717, 1.165) is 4.90 Å². The Bertz CT molecular complexity index is 800. The van der Waals surface area contributed by atoms with E-state index in [2.05, 4.69) is 0 Å². The van der Waals surface area contributed by atoms with Crippen LogP contribution in [0.3, 0.4) is 0 Å². The molecule has 0 aliphatic carbocycles. The van der Waals surface area contributed by atoms with Crippen LogP contribution in [0.1, 0.15) is 31.1 Å². The quantitative estimate of drug-likeness (QED) is 0.530. The number of hydrogen-bond donors (Lipinski definition) is 1. The van der Waals surface area contributed by atoms with Crippen LogP contribution in [0, 0.1) is 0 Å². The highest BCUT2D eigenvalue weighted by Gasteiger charge is 2.35. The molecular formula is C16H11ClN2O4. The Morgan fingerprint density at radius 3 is 2.26 bits per heavy atom. The van der Waals surface area contributed by atoms with Crippen LogP contribution in [0.25, 0.3) is 0 Å². The molecule has 0 unspecified atom stereocenters. The number of carbonyl (C=O) groups is 3. The first-order chi connectivity index (χ1) is 11.0. The summed E-state index contributed by atoms with van der Waals surface area (Å²) in [6.07, 6.45) is 0. The summed E-state index contributed by atoms with van der Waals surface area (Å²) in [5.41, 5.74) is 6.63. The molecule has 7 heteroatoms. The molecule has 2 aromatic rings. The van der Waals surface area contributed by atoms with E-state index in [0.29, 0.717) is 16.1 Å².